The van der Waals surface area contributed by atoms with E-state index < -0.39 is 0 Å². The van der Waals surface area contributed by atoms with E-state index in [9.17, 15) is 4.79 Å². The topological polar surface area (TPSA) is 60.2 Å². The summed E-state index contributed by atoms with van der Waals surface area (Å²) in [5, 5.41) is 7.98. The molecule has 0 aromatic carbocycles. The highest BCUT2D eigenvalue weighted by Gasteiger charge is 2.08. The van der Waals surface area contributed by atoms with Crippen molar-refractivity contribution in [2.75, 3.05) is 0 Å². The number of carbonyl (C=O) groups is 1. The molecule has 2 aromatic heterocycles. The smallest absolute Gasteiger partial charge is 0.254 e. The second kappa shape index (κ2) is 3.76. The third-order valence-electron chi connectivity index (χ3n) is 2.08. The van der Waals surface area contributed by atoms with Gasteiger partial charge in [0.2, 0.25) is 0 Å². The maximum absolute atomic E-state index is 10.6. The van der Waals surface area contributed by atoms with Gasteiger partial charge in [-0.2, -0.15) is 0 Å². The molecule has 0 fully saturated rings. The van der Waals surface area contributed by atoms with Gasteiger partial charge in [0.15, 0.2) is 6.29 Å². The molecule has 0 aliphatic carbocycles. The molecule has 5 nitrogen and oxygen atoms in total. The van der Waals surface area contributed by atoms with Crippen molar-refractivity contribution in [1.29, 1.82) is 0 Å². The minimum atomic E-state index is 0.497. The maximum atomic E-state index is 10.6. The predicted octanol–water partition coefficient (Wildman–Crippen LogP) is 1.14. The van der Waals surface area contributed by atoms with E-state index in [-0.39, 0.29) is 0 Å². The SMILES string of the molecule is CC(C)Cc1nnc2ncc(C=O)cn12. The Morgan fingerprint density at radius 1 is 1.47 bits per heavy atom. The Morgan fingerprint density at radius 2 is 2.27 bits per heavy atom. The monoisotopic (exact) mass is 204 g/mol. The average Bonchev–Trinajstić information content (AvgIpc) is 2.60. The van der Waals surface area contributed by atoms with Crippen molar-refractivity contribution >= 4 is 12.1 Å². The van der Waals surface area contributed by atoms with Crippen LogP contribution in [0.2, 0.25) is 0 Å². The molecule has 0 spiro atoms. The van der Waals surface area contributed by atoms with Gasteiger partial charge in [-0.05, 0) is 5.92 Å². The van der Waals surface area contributed by atoms with Crippen LogP contribution in [0.1, 0.15) is 30.0 Å². The number of hydrogen-bond acceptors (Lipinski definition) is 4. The fraction of sp³-hybridized carbons (Fsp3) is 0.400. The van der Waals surface area contributed by atoms with Crippen molar-refractivity contribution in [2.45, 2.75) is 20.3 Å². The van der Waals surface area contributed by atoms with E-state index in [1.54, 1.807) is 10.6 Å². The van der Waals surface area contributed by atoms with Gasteiger partial charge in [0.25, 0.3) is 5.78 Å². The van der Waals surface area contributed by atoms with Crippen LogP contribution in [0.3, 0.4) is 0 Å². The minimum absolute atomic E-state index is 0.497. The molecule has 0 N–H and O–H groups in total. The normalized spacial score (nSPS) is 11.1. The molecule has 0 aliphatic rings. The highest BCUT2D eigenvalue weighted by Crippen LogP contribution is 2.07. The lowest BCUT2D eigenvalue weighted by Gasteiger charge is -2.02. The second-order valence-corrected chi connectivity index (χ2v) is 3.89. The Balaban J connectivity index is 2.51. The molecule has 5 heteroatoms. The minimum Gasteiger partial charge on any atom is -0.298 e. The quantitative estimate of drug-likeness (QED) is 0.703. The molecule has 0 unspecified atom stereocenters. The lowest BCUT2D eigenvalue weighted by Crippen LogP contribution is -2.01. The molecule has 0 saturated carbocycles. The molecular weight excluding hydrogens is 192 g/mol. The molecule has 0 amide bonds. The van der Waals surface area contributed by atoms with E-state index in [0.717, 1.165) is 18.5 Å². The Bertz CT molecular complexity index is 489. The maximum Gasteiger partial charge on any atom is 0.254 e. The number of aldehydes is 1. The summed E-state index contributed by atoms with van der Waals surface area (Å²) in [4.78, 5) is 14.6. The van der Waals surface area contributed by atoms with Crippen LogP contribution < -0.4 is 0 Å². The first kappa shape index (κ1) is 9.76. The van der Waals surface area contributed by atoms with E-state index >= 15 is 0 Å². The number of carbonyl (C=O) groups excluding carboxylic acids is 1. The number of aromatic nitrogens is 4. The van der Waals surface area contributed by atoms with Gasteiger partial charge < -0.3 is 0 Å². The van der Waals surface area contributed by atoms with Crippen molar-refractivity contribution in [3.63, 3.8) is 0 Å². The molecule has 0 bridgehead atoms. The Morgan fingerprint density at radius 3 is 2.93 bits per heavy atom. The summed E-state index contributed by atoms with van der Waals surface area (Å²) in [6, 6.07) is 0. The molecule has 78 valence electrons. The summed E-state index contributed by atoms with van der Waals surface area (Å²) in [5.41, 5.74) is 0.535. The van der Waals surface area contributed by atoms with E-state index in [0.29, 0.717) is 17.3 Å². The zero-order valence-corrected chi connectivity index (χ0v) is 8.71. The van der Waals surface area contributed by atoms with Crippen molar-refractivity contribution in [3.8, 4) is 0 Å². The van der Waals surface area contributed by atoms with Crippen LogP contribution in [0.15, 0.2) is 12.4 Å². The van der Waals surface area contributed by atoms with Crippen LogP contribution in [0, 0.1) is 5.92 Å². The van der Waals surface area contributed by atoms with Gasteiger partial charge in [-0.3, -0.25) is 9.20 Å². The summed E-state index contributed by atoms with van der Waals surface area (Å²) in [5.74, 6) is 1.88. The zero-order chi connectivity index (χ0) is 10.8. The molecule has 2 heterocycles. The summed E-state index contributed by atoms with van der Waals surface area (Å²) >= 11 is 0. The summed E-state index contributed by atoms with van der Waals surface area (Å²) in [6.45, 7) is 4.22. The van der Waals surface area contributed by atoms with Crippen molar-refractivity contribution in [3.05, 3.63) is 23.8 Å². The highest BCUT2D eigenvalue weighted by molar-refractivity contribution is 5.73. The molecule has 0 aliphatic heterocycles. The van der Waals surface area contributed by atoms with Gasteiger partial charge >= 0.3 is 0 Å². The van der Waals surface area contributed by atoms with Crippen molar-refractivity contribution < 1.29 is 4.79 Å². The predicted molar refractivity (Wildman–Crippen MR) is 54.7 cm³/mol. The second-order valence-electron chi connectivity index (χ2n) is 3.89. The Kier molecular flexibility index (Phi) is 2.45. The molecule has 15 heavy (non-hydrogen) atoms. The third kappa shape index (κ3) is 1.86. The van der Waals surface area contributed by atoms with E-state index in [4.69, 9.17) is 0 Å². The van der Waals surface area contributed by atoms with Crippen molar-refractivity contribution in [1.82, 2.24) is 19.6 Å². The standard InChI is InChI=1S/C10H12N4O/c1-7(2)3-9-12-13-10-11-4-8(6-15)5-14(9)10/h4-7H,3H2,1-2H3. The first-order valence-corrected chi connectivity index (χ1v) is 4.85. The molecular formula is C10H12N4O. The molecule has 0 radical (unpaired) electrons. The lowest BCUT2D eigenvalue weighted by molar-refractivity contribution is 0.112. The van der Waals surface area contributed by atoms with E-state index in [1.165, 1.54) is 6.20 Å². The average molecular weight is 204 g/mol. The van der Waals surface area contributed by atoms with Crippen LogP contribution in [0.4, 0.5) is 0 Å². The van der Waals surface area contributed by atoms with Gasteiger partial charge in [-0.15, -0.1) is 10.2 Å². The van der Waals surface area contributed by atoms with Gasteiger partial charge in [0.1, 0.15) is 5.82 Å². The van der Waals surface area contributed by atoms with Crippen LogP contribution in [0.25, 0.3) is 5.78 Å². The van der Waals surface area contributed by atoms with Crippen molar-refractivity contribution in [2.24, 2.45) is 5.92 Å². The van der Waals surface area contributed by atoms with Gasteiger partial charge in [0.05, 0.1) is 0 Å². The van der Waals surface area contributed by atoms with E-state index in [1.807, 2.05) is 0 Å². The fourth-order valence-electron chi connectivity index (χ4n) is 1.41. The summed E-state index contributed by atoms with van der Waals surface area (Å²) in [7, 11) is 0. The van der Waals surface area contributed by atoms with E-state index in [2.05, 4.69) is 29.0 Å². The van der Waals surface area contributed by atoms with Crippen LogP contribution in [-0.4, -0.2) is 25.9 Å². The zero-order valence-electron chi connectivity index (χ0n) is 8.71. The highest BCUT2D eigenvalue weighted by atomic mass is 16.1. The van der Waals surface area contributed by atoms with Gasteiger partial charge in [0, 0.05) is 24.4 Å². The molecule has 2 rings (SSSR count). The molecule has 0 atom stereocenters. The number of fused-ring (bicyclic) bond motifs is 1. The van der Waals surface area contributed by atoms with Crippen LogP contribution in [-0.2, 0) is 6.42 Å². The molecule has 0 saturated heterocycles. The largest absolute Gasteiger partial charge is 0.298 e. The van der Waals surface area contributed by atoms with Crippen LogP contribution in [0.5, 0.6) is 0 Å². The number of rotatable bonds is 3. The Hall–Kier alpha value is -1.78. The first-order valence-electron chi connectivity index (χ1n) is 4.85. The number of nitrogens with zero attached hydrogens (tertiary/aromatic N) is 4. The first-order chi connectivity index (χ1) is 7.20. The number of hydrogen-bond donors (Lipinski definition) is 0. The van der Waals surface area contributed by atoms with Crippen LogP contribution >= 0.6 is 0 Å². The third-order valence-corrected chi connectivity index (χ3v) is 2.08. The lowest BCUT2D eigenvalue weighted by atomic mass is 10.1. The summed E-state index contributed by atoms with van der Waals surface area (Å²) < 4.78 is 1.77. The Labute approximate surface area is 87.2 Å². The molecule has 2 aromatic rings. The van der Waals surface area contributed by atoms with Gasteiger partial charge in [-0.25, -0.2) is 4.98 Å². The fourth-order valence-corrected chi connectivity index (χ4v) is 1.41. The van der Waals surface area contributed by atoms with Gasteiger partial charge in [-0.1, -0.05) is 13.8 Å². The summed E-state index contributed by atoms with van der Waals surface area (Å²) in [6.07, 6.45) is 4.81.